The lowest BCUT2D eigenvalue weighted by Crippen LogP contribution is -2.34. The molecule has 0 unspecified atom stereocenters. The lowest BCUT2D eigenvalue weighted by molar-refractivity contribution is -0.122. The van der Waals surface area contributed by atoms with Crippen LogP contribution in [0.1, 0.15) is 60.5 Å². The summed E-state index contributed by atoms with van der Waals surface area (Å²) in [7, 11) is 1.59. The van der Waals surface area contributed by atoms with Crippen molar-refractivity contribution in [3.63, 3.8) is 0 Å². The number of nitrogens with two attached hydrogens (primary N) is 1. The summed E-state index contributed by atoms with van der Waals surface area (Å²) >= 11 is 0. The highest BCUT2D eigenvalue weighted by molar-refractivity contribution is 5.95. The minimum atomic E-state index is -1.21. The molecule has 0 heterocycles. The highest BCUT2D eigenvalue weighted by Crippen LogP contribution is 2.31. The molecule has 1 aliphatic rings. The van der Waals surface area contributed by atoms with Crippen molar-refractivity contribution < 1.29 is 27.8 Å². The molecule has 8 heteroatoms. The Hall–Kier alpha value is -3.16. The quantitative estimate of drug-likeness (QED) is 0.485. The Bertz CT molecular complexity index is 1020. The Morgan fingerprint density at radius 2 is 1.74 bits per heavy atom. The molecule has 1 saturated carbocycles. The fourth-order valence-corrected chi connectivity index (χ4v) is 4.48. The monoisotopic (exact) mass is 488 g/mol. The number of carbonyl (C=O) groups excluding carboxylic acids is 2. The van der Waals surface area contributed by atoms with Crippen LogP contribution < -0.4 is 20.5 Å². The number of carbonyl (C=O) groups is 2. The molecule has 3 rings (SSSR count). The number of primary amides is 1. The van der Waals surface area contributed by atoms with E-state index < -0.39 is 17.5 Å². The van der Waals surface area contributed by atoms with E-state index in [0.717, 1.165) is 24.2 Å². The summed E-state index contributed by atoms with van der Waals surface area (Å²) < 4.78 is 40.7. The predicted octanol–water partition coefficient (Wildman–Crippen LogP) is 4.57. The van der Waals surface area contributed by atoms with Crippen molar-refractivity contribution in [2.24, 2.45) is 17.6 Å². The molecule has 35 heavy (non-hydrogen) atoms. The third-order valence-electron chi connectivity index (χ3n) is 6.60. The molecule has 2 aromatic rings. The van der Waals surface area contributed by atoms with Crippen LogP contribution in [0.2, 0.25) is 0 Å². The molecule has 1 aliphatic carbocycles. The third kappa shape index (κ3) is 6.93. The number of nitrogens with one attached hydrogen (secondary N) is 1. The number of amides is 2. The van der Waals surface area contributed by atoms with Crippen LogP contribution in [0.5, 0.6) is 11.5 Å². The van der Waals surface area contributed by atoms with E-state index in [0.29, 0.717) is 44.2 Å². The molecule has 3 N–H and O–H groups in total. The lowest BCUT2D eigenvalue weighted by atomic mass is 9.81. The summed E-state index contributed by atoms with van der Waals surface area (Å²) in [5.41, 5.74) is 6.48. The van der Waals surface area contributed by atoms with E-state index in [-0.39, 0.29) is 35.7 Å². The van der Waals surface area contributed by atoms with Crippen molar-refractivity contribution in [2.45, 2.75) is 51.9 Å². The second-order valence-electron chi connectivity index (χ2n) is 9.07. The van der Waals surface area contributed by atoms with Crippen molar-refractivity contribution >= 4 is 11.8 Å². The van der Waals surface area contributed by atoms with E-state index >= 15 is 4.39 Å². The van der Waals surface area contributed by atoms with E-state index in [9.17, 15) is 14.0 Å². The Balaban J connectivity index is 1.64. The molecule has 0 aliphatic heterocycles. The first-order chi connectivity index (χ1) is 16.8. The van der Waals surface area contributed by atoms with Crippen molar-refractivity contribution in [3.05, 3.63) is 58.7 Å². The molecule has 0 atom stereocenters. The molecule has 2 amide bonds. The predicted molar refractivity (Wildman–Crippen MR) is 130 cm³/mol. The van der Waals surface area contributed by atoms with Gasteiger partial charge in [0.15, 0.2) is 11.6 Å². The summed E-state index contributed by atoms with van der Waals surface area (Å²) in [5, 5.41) is 2.73. The topological polar surface area (TPSA) is 90.7 Å². The lowest BCUT2D eigenvalue weighted by Gasteiger charge is -2.26. The zero-order valence-electron chi connectivity index (χ0n) is 20.4. The van der Waals surface area contributed by atoms with Gasteiger partial charge in [-0.25, -0.2) is 4.39 Å². The van der Waals surface area contributed by atoms with Gasteiger partial charge in [0, 0.05) is 18.9 Å². The second-order valence-corrected chi connectivity index (χ2v) is 9.07. The van der Waals surface area contributed by atoms with Gasteiger partial charge < -0.3 is 20.5 Å². The summed E-state index contributed by atoms with van der Waals surface area (Å²) in [6.07, 6.45) is 4.52. The smallest absolute Gasteiger partial charge is 0.254 e. The Kier molecular flexibility index (Phi) is 9.46. The first-order valence-corrected chi connectivity index (χ1v) is 12.2. The van der Waals surface area contributed by atoms with Gasteiger partial charge in [0.05, 0.1) is 19.3 Å². The Morgan fingerprint density at radius 3 is 2.34 bits per heavy atom. The summed E-state index contributed by atoms with van der Waals surface area (Å²) in [6.45, 7) is 2.43. The van der Waals surface area contributed by atoms with E-state index in [4.69, 9.17) is 15.2 Å². The molecule has 190 valence electrons. The maximum Gasteiger partial charge on any atom is 0.254 e. The van der Waals surface area contributed by atoms with E-state index in [2.05, 4.69) is 5.32 Å². The maximum atomic E-state index is 15.0. The number of hydrogen-bond acceptors (Lipinski definition) is 4. The average Bonchev–Trinajstić information content (AvgIpc) is 2.87. The molecular formula is C27H34F2N2O4. The fraction of sp³-hybridized carbons (Fsp3) is 0.481. The van der Waals surface area contributed by atoms with Crippen LogP contribution in [0, 0.1) is 23.5 Å². The zero-order valence-corrected chi connectivity index (χ0v) is 20.4. The number of methoxy groups -OCH3 is 1. The van der Waals surface area contributed by atoms with E-state index in [1.807, 2.05) is 31.2 Å². The fourth-order valence-electron chi connectivity index (χ4n) is 4.48. The minimum Gasteiger partial charge on any atom is -0.497 e. The normalized spacial score (nSPS) is 17.6. The molecule has 0 spiro atoms. The summed E-state index contributed by atoms with van der Waals surface area (Å²) in [5.74, 6) is -2.64. The largest absolute Gasteiger partial charge is 0.497 e. The van der Waals surface area contributed by atoms with Crippen LogP contribution in [-0.4, -0.2) is 32.1 Å². The molecular weight excluding hydrogens is 454 g/mol. The van der Waals surface area contributed by atoms with Gasteiger partial charge >= 0.3 is 0 Å². The van der Waals surface area contributed by atoms with Crippen LogP contribution in [0.15, 0.2) is 30.3 Å². The standard InChI is InChI=1S/C27H34F2N2O4/c1-3-4-20-15-22(27(33)31-16-18-5-9-19(10-6-18)26(30)32)23(28)24(29)25(20)35-14-13-17-7-11-21(34-2)12-8-17/h7-8,11-12,15,18-19H,3-6,9-10,13-14,16H2,1-2H3,(H2,30,32)(H,31,33). The first-order valence-electron chi connectivity index (χ1n) is 12.2. The first kappa shape index (κ1) is 26.4. The highest BCUT2D eigenvalue weighted by atomic mass is 19.2. The molecule has 0 saturated heterocycles. The van der Waals surface area contributed by atoms with Crippen molar-refractivity contribution in [1.29, 1.82) is 0 Å². The van der Waals surface area contributed by atoms with Gasteiger partial charge in [-0.05, 0) is 67.3 Å². The molecule has 1 fully saturated rings. The van der Waals surface area contributed by atoms with Crippen LogP contribution in [0.25, 0.3) is 0 Å². The zero-order chi connectivity index (χ0) is 25.4. The summed E-state index contributed by atoms with van der Waals surface area (Å²) in [4.78, 5) is 24.0. The molecule has 0 aromatic heterocycles. The molecule has 6 nitrogen and oxygen atoms in total. The average molecular weight is 489 g/mol. The molecule has 0 radical (unpaired) electrons. The van der Waals surface area contributed by atoms with E-state index in [1.54, 1.807) is 7.11 Å². The van der Waals surface area contributed by atoms with Crippen molar-refractivity contribution in [3.8, 4) is 11.5 Å². The van der Waals surface area contributed by atoms with Gasteiger partial charge in [-0.3, -0.25) is 9.59 Å². The molecule has 2 aromatic carbocycles. The van der Waals surface area contributed by atoms with Crippen molar-refractivity contribution in [1.82, 2.24) is 5.32 Å². The minimum absolute atomic E-state index is 0.123. The number of aryl methyl sites for hydroxylation is 1. The number of halogens is 2. The summed E-state index contributed by atoms with van der Waals surface area (Å²) in [6, 6.07) is 8.83. The highest BCUT2D eigenvalue weighted by Gasteiger charge is 2.27. The number of ether oxygens (including phenoxy) is 2. The van der Waals surface area contributed by atoms with Gasteiger partial charge in [-0.1, -0.05) is 25.5 Å². The SMILES string of the molecule is CCCc1cc(C(=O)NCC2CCC(C(N)=O)CC2)c(F)c(F)c1OCCc1ccc(OC)cc1. The number of rotatable bonds is 11. The molecule has 0 bridgehead atoms. The van der Waals surface area contributed by atoms with Crippen LogP contribution >= 0.6 is 0 Å². The Labute approximate surface area is 205 Å². The van der Waals surface area contributed by atoms with Gasteiger partial charge in [-0.2, -0.15) is 4.39 Å². The number of benzene rings is 2. The van der Waals surface area contributed by atoms with Gasteiger partial charge in [0.25, 0.3) is 5.91 Å². The third-order valence-corrected chi connectivity index (χ3v) is 6.60. The second kappa shape index (κ2) is 12.5. The maximum absolute atomic E-state index is 15.0. The van der Waals surface area contributed by atoms with Crippen LogP contribution in [0.4, 0.5) is 8.78 Å². The number of hydrogen-bond donors (Lipinski definition) is 2. The van der Waals surface area contributed by atoms with Gasteiger partial charge in [0.2, 0.25) is 11.7 Å². The van der Waals surface area contributed by atoms with Crippen molar-refractivity contribution in [2.75, 3.05) is 20.3 Å². The Morgan fingerprint density at radius 1 is 1.06 bits per heavy atom. The van der Waals surface area contributed by atoms with Crippen LogP contribution in [-0.2, 0) is 17.6 Å². The van der Waals surface area contributed by atoms with E-state index in [1.165, 1.54) is 6.07 Å². The van der Waals surface area contributed by atoms with Crippen LogP contribution in [0.3, 0.4) is 0 Å². The van der Waals surface area contributed by atoms with Gasteiger partial charge in [0.1, 0.15) is 5.75 Å². The van der Waals surface area contributed by atoms with Gasteiger partial charge in [-0.15, -0.1) is 0 Å².